The van der Waals surface area contributed by atoms with E-state index in [1.165, 1.54) is 12.8 Å². The molecule has 1 rings (SSSR count). The van der Waals surface area contributed by atoms with Crippen molar-refractivity contribution in [3.63, 3.8) is 0 Å². The highest BCUT2D eigenvalue weighted by Gasteiger charge is 2.41. The van der Waals surface area contributed by atoms with Gasteiger partial charge in [-0.1, -0.05) is 27.4 Å². The van der Waals surface area contributed by atoms with E-state index in [0.29, 0.717) is 11.0 Å². The van der Waals surface area contributed by atoms with E-state index >= 15 is 0 Å². The molecule has 0 aliphatic heterocycles. The molecule has 1 saturated carbocycles. The first kappa shape index (κ1) is 10.8. The Kier molecular flexibility index (Phi) is 2.63. The monoisotopic (exact) mass is 198 g/mol. The zero-order chi connectivity index (χ0) is 10.3. The molecular weight excluding hydrogens is 176 g/mol. The van der Waals surface area contributed by atoms with Gasteiger partial charge in [0.15, 0.2) is 0 Å². The molecule has 2 heteroatoms. The van der Waals surface area contributed by atoms with Gasteiger partial charge in [-0.15, -0.1) is 0 Å². The smallest absolute Gasteiger partial charge is 0.250 e. The van der Waals surface area contributed by atoms with Gasteiger partial charge in [-0.2, -0.15) is 0 Å². The van der Waals surface area contributed by atoms with Crippen LogP contribution in [0.5, 0.6) is 0 Å². The SMILES string of the molecule is C=C(O[Si](C)(C)C(C)(C)C)C1CC1. The van der Waals surface area contributed by atoms with Crippen LogP contribution in [-0.2, 0) is 4.43 Å². The largest absolute Gasteiger partial charge is 0.547 e. The van der Waals surface area contributed by atoms with Crippen LogP contribution in [0.15, 0.2) is 12.3 Å². The van der Waals surface area contributed by atoms with E-state index in [1.54, 1.807) is 0 Å². The Labute approximate surface area is 83.3 Å². The van der Waals surface area contributed by atoms with Gasteiger partial charge in [-0.05, 0) is 31.0 Å². The molecule has 0 bridgehead atoms. The highest BCUT2D eigenvalue weighted by atomic mass is 28.4. The topological polar surface area (TPSA) is 9.23 Å². The summed E-state index contributed by atoms with van der Waals surface area (Å²) in [7, 11) is -1.59. The predicted octanol–water partition coefficient (Wildman–Crippen LogP) is 3.93. The lowest BCUT2D eigenvalue weighted by Gasteiger charge is -2.37. The van der Waals surface area contributed by atoms with Crippen molar-refractivity contribution in [2.24, 2.45) is 5.92 Å². The van der Waals surface area contributed by atoms with E-state index in [0.717, 1.165) is 5.76 Å². The third-order valence-electron chi connectivity index (χ3n) is 3.23. The Morgan fingerprint density at radius 1 is 1.31 bits per heavy atom. The maximum absolute atomic E-state index is 6.07. The van der Waals surface area contributed by atoms with Gasteiger partial charge in [-0.3, -0.25) is 0 Å². The molecule has 0 N–H and O–H groups in total. The van der Waals surface area contributed by atoms with Gasteiger partial charge in [0.05, 0.1) is 5.76 Å². The molecule has 1 fully saturated rings. The molecule has 0 unspecified atom stereocenters. The van der Waals surface area contributed by atoms with Crippen LogP contribution < -0.4 is 0 Å². The minimum Gasteiger partial charge on any atom is -0.547 e. The molecule has 0 saturated heterocycles. The van der Waals surface area contributed by atoms with E-state index in [-0.39, 0.29) is 0 Å². The third-order valence-corrected chi connectivity index (χ3v) is 7.61. The maximum atomic E-state index is 6.07. The molecule has 0 spiro atoms. The van der Waals surface area contributed by atoms with Crippen molar-refractivity contribution < 1.29 is 4.43 Å². The number of rotatable bonds is 3. The summed E-state index contributed by atoms with van der Waals surface area (Å²) in [5, 5.41) is 0.296. The quantitative estimate of drug-likeness (QED) is 0.493. The summed E-state index contributed by atoms with van der Waals surface area (Å²) < 4.78 is 6.07. The summed E-state index contributed by atoms with van der Waals surface area (Å²) in [5.41, 5.74) is 0. The van der Waals surface area contributed by atoms with Gasteiger partial charge in [0.1, 0.15) is 0 Å². The lowest BCUT2D eigenvalue weighted by molar-refractivity contribution is 0.362. The predicted molar refractivity (Wildman–Crippen MR) is 60.1 cm³/mol. The highest BCUT2D eigenvalue weighted by Crippen LogP contribution is 2.43. The van der Waals surface area contributed by atoms with Crippen molar-refractivity contribution in [1.82, 2.24) is 0 Å². The molecule has 76 valence electrons. The molecule has 1 nitrogen and oxygen atoms in total. The molecule has 0 aromatic carbocycles. The second-order valence-corrected chi connectivity index (χ2v) is 10.3. The van der Waals surface area contributed by atoms with E-state index in [2.05, 4.69) is 40.4 Å². The fourth-order valence-electron chi connectivity index (χ4n) is 0.969. The first-order valence-corrected chi connectivity index (χ1v) is 8.03. The normalized spacial score (nSPS) is 18.5. The molecule has 0 aromatic rings. The average molecular weight is 198 g/mol. The minimum atomic E-state index is -1.59. The number of allylic oxidation sites excluding steroid dienone is 1. The Hall–Kier alpha value is -0.243. The van der Waals surface area contributed by atoms with Crippen molar-refractivity contribution in [2.45, 2.75) is 51.7 Å². The summed E-state index contributed by atoms with van der Waals surface area (Å²) >= 11 is 0. The fourth-order valence-corrected chi connectivity index (χ4v) is 2.10. The van der Waals surface area contributed by atoms with E-state index in [4.69, 9.17) is 4.43 Å². The molecule has 0 aromatic heterocycles. The van der Waals surface area contributed by atoms with Crippen LogP contribution in [0.25, 0.3) is 0 Å². The minimum absolute atomic E-state index is 0.296. The Morgan fingerprint density at radius 2 is 1.77 bits per heavy atom. The van der Waals surface area contributed by atoms with Crippen LogP contribution in [0.4, 0.5) is 0 Å². The second-order valence-electron chi connectivity index (χ2n) is 5.60. The van der Waals surface area contributed by atoms with Crippen LogP contribution in [0.2, 0.25) is 18.1 Å². The zero-order valence-electron chi connectivity index (χ0n) is 9.61. The van der Waals surface area contributed by atoms with Crippen molar-refractivity contribution in [3.05, 3.63) is 12.3 Å². The lowest BCUT2D eigenvalue weighted by Crippen LogP contribution is -2.40. The van der Waals surface area contributed by atoms with Crippen LogP contribution in [0, 0.1) is 5.92 Å². The summed E-state index contributed by atoms with van der Waals surface area (Å²) in [6.07, 6.45) is 2.57. The standard InChI is InChI=1S/C11H22OSi/c1-9(10-7-8-10)12-13(5,6)11(2,3)4/h10H,1,7-8H2,2-6H3. The van der Waals surface area contributed by atoms with Gasteiger partial charge >= 0.3 is 0 Å². The third kappa shape index (κ3) is 2.60. The van der Waals surface area contributed by atoms with Gasteiger partial charge in [-0.25, -0.2) is 0 Å². The Morgan fingerprint density at radius 3 is 2.08 bits per heavy atom. The molecule has 0 atom stereocenters. The number of hydrogen-bond donors (Lipinski definition) is 0. The average Bonchev–Trinajstić information content (AvgIpc) is 2.62. The molecule has 1 aliphatic carbocycles. The molecule has 0 amide bonds. The van der Waals surface area contributed by atoms with Crippen LogP contribution >= 0.6 is 0 Å². The number of hydrogen-bond acceptors (Lipinski definition) is 1. The van der Waals surface area contributed by atoms with Crippen molar-refractivity contribution >= 4 is 8.32 Å². The van der Waals surface area contributed by atoms with E-state index in [9.17, 15) is 0 Å². The van der Waals surface area contributed by atoms with Crippen molar-refractivity contribution in [2.75, 3.05) is 0 Å². The molecule has 0 radical (unpaired) electrons. The zero-order valence-corrected chi connectivity index (χ0v) is 10.6. The summed E-state index contributed by atoms with van der Waals surface area (Å²) in [6.45, 7) is 15.4. The maximum Gasteiger partial charge on any atom is 0.250 e. The summed E-state index contributed by atoms with van der Waals surface area (Å²) in [6, 6.07) is 0. The van der Waals surface area contributed by atoms with Gasteiger partial charge < -0.3 is 4.43 Å². The first-order valence-electron chi connectivity index (χ1n) is 5.12. The highest BCUT2D eigenvalue weighted by molar-refractivity contribution is 6.74. The summed E-state index contributed by atoms with van der Waals surface area (Å²) in [5.74, 6) is 1.72. The van der Waals surface area contributed by atoms with E-state index < -0.39 is 8.32 Å². The molecule has 13 heavy (non-hydrogen) atoms. The van der Waals surface area contributed by atoms with Gasteiger partial charge in [0, 0.05) is 5.92 Å². The van der Waals surface area contributed by atoms with E-state index in [1.807, 2.05) is 0 Å². The van der Waals surface area contributed by atoms with Crippen LogP contribution in [0.3, 0.4) is 0 Å². The lowest BCUT2D eigenvalue weighted by atomic mass is 10.2. The van der Waals surface area contributed by atoms with Crippen LogP contribution in [-0.4, -0.2) is 8.32 Å². The van der Waals surface area contributed by atoms with Crippen molar-refractivity contribution in [1.29, 1.82) is 0 Å². The van der Waals surface area contributed by atoms with Gasteiger partial charge in [0.2, 0.25) is 8.32 Å². The molecular formula is C11H22OSi. The Bertz CT molecular complexity index is 209. The van der Waals surface area contributed by atoms with Crippen LogP contribution in [0.1, 0.15) is 33.6 Å². The fraction of sp³-hybridized carbons (Fsp3) is 0.818. The Balaban J connectivity index is 2.55. The summed E-state index contributed by atoms with van der Waals surface area (Å²) in [4.78, 5) is 0. The second kappa shape index (κ2) is 3.16. The van der Waals surface area contributed by atoms with Gasteiger partial charge in [0.25, 0.3) is 0 Å². The molecule has 1 aliphatic rings. The van der Waals surface area contributed by atoms with Crippen molar-refractivity contribution in [3.8, 4) is 0 Å². The molecule has 0 heterocycles. The first-order chi connectivity index (χ1) is 5.74.